The van der Waals surface area contributed by atoms with Crippen LogP contribution in [0.25, 0.3) is 0 Å². The lowest BCUT2D eigenvalue weighted by atomic mass is 9.89. The molecule has 7 heteroatoms. The van der Waals surface area contributed by atoms with Crippen LogP contribution in [0.4, 0.5) is 0 Å². The fourth-order valence-electron chi connectivity index (χ4n) is 3.84. The predicted octanol–water partition coefficient (Wildman–Crippen LogP) is 2.16. The second-order valence-corrected chi connectivity index (χ2v) is 6.61. The van der Waals surface area contributed by atoms with Crippen LogP contribution < -0.4 is 4.74 Å². The van der Waals surface area contributed by atoms with Gasteiger partial charge in [0.05, 0.1) is 37.8 Å². The van der Waals surface area contributed by atoms with Crippen LogP contribution in [-0.4, -0.2) is 52.9 Å². The van der Waals surface area contributed by atoms with E-state index in [0.29, 0.717) is 26.3 Å². The first-order valence-corrected chi connectivity index (χ1v) is 8.64. The molecule has 1 aliphatic carbocycles. The summed E-state index contributed by atoms with van der Waals surface area (Å²) in [7, 11) is 0. The molecule has 0 aromatic carbocycles. The first-order valence-electron chi connectivity index (χ1n) is 8.64. The Hall–Kier alpha value is -2.41. The third kappa shape index (κ3) is 3.24. The molecule has 0 unspecified atom stereocenters. The van der Waals surface area contributed by atoms with Crippen LogP contribution in [0, 0.1) is 5.92 Å². The average molecular weight is 343 g/mol. The molecule has 132 valence electrons. The number of pyridine rings is 1. The summed E-state index contributed by atoms with van der Waals surface area (Å²) in [4.78, 5) is 18.5. The molecule has 2 aromatic heterocycles. The summed E-state index contributed by atoms with van der Waals surface area (Å²) in [6, 6.07) is 5.35. The molecule has 3 heterocycles. The number of morpholine rings is 1. The Labute approximate surface area is 145 Å². The number of amides is 1. The van der Waals surface area contributed by atoms with Gasteiger partial charge in [0.25, 0.3) is 5.91 Å². The van der Waals surface area contributed by atoms with Gasteiger partial charge in [0.15, 0.2) is 0 Å². The van der Waals surface area contributed by atoms with Crippen molar-refractivity contribution in [1.29, 1.82) is 0 Å². The molecule has 1 aliphatic heterocycles. The van der Waals surface area contributed by atoms with Gasteiger partial charge in [-0.2, -0.15) is 0 Å². The Balaban J connectivity index is 1.44. The van der Waals surface area contributed by atoms with Crippen LogP contribution >= 0.6 is 0 Å². The second-order valence-electron chi connectivity index (χ2n) is 6.61. The maximum absolute atomic E-state index is 12.6. The van der Waals surface area contributed by atoms with Gasteiger partial charge in [0, 0.05) is 24.7 Å². The van der Waals surface area contributed by atoms with E-state index in [2.05, 4.69) is 10.1 Å². The van der Waals surface area contributed by atoms with Crippen molar-refractivity contribution in [3.8, 4) is 5.75 Å². The smallest absolute Gasteiger partial charge is 0.292 e. The predicted molar refractivity (Wildman–Crippen MR) is 88.2 cm³/mol. The number of carbonyl (C=O) groups is 1. The number of hydrogen-bond acceptors (Lipinski definition) is 6. The molecule has 0 bridgehead atoms. The van der Waals surface area contributed by atoms with Crippen molar-refractivity contribution in [2.45, 2.75) is 24.9 Å². The van der Waals surface area contributed by atoms with Crippen LogP contribution in [0.5, 0.6) is 5.75 Å². The lowest BCUT2D eigenvalue weighted by molar-refractivity contribution is -0.127. The van der Waals surface area contributed by atoms with Gasteiger partial charge in [-0.05, 0) is 31.4 Å². The van der Waals surface area contributed by atoms with Gasteiger partial charge in [0.1, 0.15) is 5.75 Å². The van der Waals surface area contributed by atoms with Gasteiger partial charge in [0.2, 0.25) is 5.76 Å². The molecule has 1 amide bonds. The van der Waals surface area contributed by atoms with Gasteiger partial charge in [-0.25, -0.2) is 0 Å². The molecule has 1 saturated heterocycles. The molecule has 1 saturated carbocycles. The van der Waals surface area contributed by atoms with Crippen molar-refractivity contribution in [3.63, 3.8) is 0 Å². The molecular formula is C18H21N3O4. The highest BCUT2D eigenvalue weighted by Crippen LogP contribution is 2.41. The first-order chi connectivity index (χ1) is 12.3. The fraction of sp³-hybridized carbons (Fsp3) is 0.500. The summed E-state index contributed by atoms with van der Waals surface area (Å²) in [5.74, 6) is 1.16. The van der Waals surface area contributed by atoms with Gasteiger partial charge in [-0.15, -0.1) is 0 Å². The van der Waals surface area contributed by atoms with Crippen LogP contribution in [0.3, 0.4) is 0 Å². The standard InChI is InChI=1S/C18H21N3O4/c22-17(16-5-8-20-25-16)21-9-10-24-18(13-21)6-1-3-14(18)12-23-15-4-2-7-19-11-15/h2,4-5,7-8,11,14H,1,3,6,9-10,12-13H2/t14-,18+/m0/s1. The highest BCUT2D eigenvalue weighted by Gasteiger charge is 2.48. The van der Waals surface area contributed by atoms with E-state index in [1.165, 1.54) is 6.20 Å². The third-order valence-electron chi connectivity index (χ3n) is 5.13. The van der Waals surface area contributed by atoms with Crippen molar-refractivity contribution in [2.75, 3.05) is 26.3 Å². The molecule has 2 fully saturated rings. The van der Waals surface area contributed by atoms with E-state index in [1.54, 1.807) is 18.5 Å². The van der Waals surface area contributed by atoms with Gasteiger partial charge >= 0.3 is 0 Å². The Kier molecular flexibility index (Phi) is 4.40. The van der Waals surface area contributed by atoms with Crippen molar-refractivity contribution in [2.24, 2.45) is 5.92 Å². The number of aromatic nitrogens is 2. The van der Waals surface area contributed by atoms with E-state index in [9.17, 15) is 4.79 Å². The zero-order valence-corrected chi connectivity index (χ0v) is 14.0. The number of hydrogen-bond donors (Lipinski definition) is 0. The molecule has 0 N–H and O–H groups in total. The molecular weight excluding hydrogens is 322 g/mol. The summed E-state index contributed by atoms with van der Waals surface area (Å²) in [5.41, 5.74) is -0.337. The molecule has 0 radical (unpaired) electrons. The molecule has 2 aromatic rings. The number of nitrogens with zero attached hydrogens (tertiary/aromatic N) is 3. The molecule has 1 spiro atoms. The summed E-state index contributed by atoms with van der Waals surface area (Å²) >= 11 is 0. The zero-order chi connectivity index (χ0) is 17.1. The highest BCUT2D eigenvalue weighted by molar-refractivity contribution is 5.91. The Morgan fingerprint density at radius 1 is 1.40 bits per heavy atom. The van der Waals surface area contributed by atoms with Crippen molar-refractivity contribution < 1.29 is 18.8 Å². The minimum Gasteiger partial charge on any atom is -0.492 e. The number of carbonyl (C=O) groups excluding carboxylic acids is 1. The fourth-order valence-corrected chi connectivity index (χ4v) is 3.84. The molecule has 2 aliphatic rings. The van der Waals surface area contributed by atoms with E-state index >= 15 is 0 Å². The average Bonchev–Trinajstić information content (AvgIpc) is 3.31. The van der Waals surface area contributed by atoms with Crippen LogP contribution in [-0.2, 0) is 4.74 Å². The zero-order valence-electron chi connectivity index (χ0n) is 14.0. The molecule has 7 nitrogen and oxygen atoms in total. The molecule has 4 rings (SSSR count). The molecule has 25 heavy (non-hydrogen) atoms. The van der Waals surface area contributed by atoms with Gasteiger partial charge < -0.3 is 18.9 Å². The van der Waals surface area contributed by atoms with E-state index in [-0.39, 0.29) is 23.2 Å². The van der Waals surface area contributed by atoms with Crippen LogP contribution in [0.2, 0.25) is 0 Å². The third-order valence-corrected chi connectivity index (χ3v) is 5.13. The SMILES string of the molecule is O=C(c1ccno1)N1CCO[C@]2(CCC[C@H]2COc2cccnc2)C1. The Morgan fingerprint density at radius 3 is 3.16 bits per heavy atom. The maximum Gasteiger partial charge on any atom is 0.292 e. The summed E-state index contributed by atoms with van der Waals surface area (Å²) in [5, 5.41) is 3.63. The lowest BCUT2D eigenvalue weighted by Gasteiger charge is -2.43. The normalized spacial score (nSPS) is 26.1. The Bertz CT molecular complexity index is 706. The van der Waals surface area contributed by atoms with Crippen molar-refractivity contribution >= 4 is 5.91 Å². The van der Waals surface area contributed by atoms with E-state index in [1.807, 2.05) is 17.0 Å². The minimum absolute atomic E-state index is 0.126. The quantitative estimate of drug-likeness (QED) is 0.846. The number of ether oxygens (including phenoxy) is 2. The van der Waals surface area contributed by atoms with Crippen molar-refractivity contribution in [3.05, 3.63) is 42.5 Å². The van der Waals surface area contributed by atoms with E-state index in [4.69, 9.17) is 14.0 Å². The maximum atomic E-state index is 12.6. The largest absolute Gasteiger partial charge is 0.492 e. The molecule has 2 atom stereocenters. The van der Waals surface area contributed by atoms with E-state index in [0.717, 1.165) is 25.0 Å². The van der Waals surface area contributed by atoms with Gasteiger partial charge in [-0.1, -0.05) is 5.16 Å². The van der Waals surface area contributed by atoms with Crippen molar-refractivity contribution in [1.82, 2.24) is 15.0 Å². The van der Waals surface area contributed by atoms with Crippen LogP contribution in [0.15, 0.2) is 41.3 Å². The number of rotatable bonds is 4. The lowest BCUT2D eigenvalue weighted by Crippen LogP contribution is -2.56. The summed E-state index contributed by atoms with van der Waals surface area (Å²) < 4.78 is 17.1. The van der Waals surface area contributed by atoms with Gasteiger partial charge in [-0.3, -0.25) is 9.78 Å². The topological polar surface area (TPSA) is 77.7 Å². The Morgan fingerprint density at radius 2 is 2.36 bits per heavy atom. The first kappa shape index (κ1) is 16.1. The highest BCUT2D eigenvalue weighted by atomic mass is 16.5. The summed E-state index contributed by atoms with van der Waals surface area (Å²) in [6.45, 7) is 2.23. The minimum atomic E-state index is -0.337. The second kappa shape index (κ2) is 6.84. The monoisotopic (exact) mass is 343 g/mol. The van der Waals surface area contributed by atoms with Crippen LogP contribution in [0.1, 0.15) is 29.8 Å². The summed E-state index contributed by atoms with van der Waals surface area (Å²) in [6.07, 6.45) is 7.97. The van der Waals surface area contributed by atoms with E-state index < -0.39 is 0 Å².